The van der Waals surface area contributed by atoms with Gasteiger partial charge in [0.05, 0.1) is 5.02 Å². The average molecular weight is 418 g/mol. The Bertz CT molecular complexity index is 977. The van der Waals surface area contributed by atoms with Gasteiger partial charge in [-0.3, -0.25) is 14.3 Å². The van der Waals surface area contributed by atoms with Gasteiger partial charge in [-0.05, 0) is 55.7 Å². The van der Waals surface area contributed by atoms with Crippen LogP contribution in [0.15, 0.2) is 24.3 Å². The third-order valence-corrected chi connectivity index (χ3v) is 6.59. The summed E-state index contributed by atoms with van der Waals surface area (Å²) in [5, 5.41) is 7.52. The van der Waals surface area contributed by atoms with Gasteiger partial charge >= 0.3 is 0 Å². The normalized spacial score (nSPS) is 26.3. The first-order chi connectivity index (χ1) is 13.9. The lowest BCUT2D eigenvalue weighted by Gasteiger charge is -2.70. The molecule has 1 N–H and O–H groups in total. The number of carbonyl (C=O) groups excluding carboxylic acids is 2. The summed E-state index contributed by atoms with van der Waals surface area (Å²) < 4.78 is 20.7. The van der Waals surface area contributed by atoms with Gasteiger partial charge in [0, 0.05) is 30.3 Å². The highest BCUT2D eigenvalue weighted by molar-refractivity contribution is 6.30. The van der Waals surface area contributed by atoms with E-state index in [1.165, 1.54) is 18.2 Å². The van der Waals surface area contributed by atoms with Gasteiger partial charge < -0.3 is 10.1 Å². The molecular formula is C21H21ClFN3O3. The minimum absolute atomic E-state index is 0.0186. The molecule has 0 spiro atoms. The van der Waals surface area contributed by atoms with Crippen molar-refractivity contribution in [3.8, 4) is 5.75 Å². The molecule has 2 heterocycles. The third-order valence-electron chi connectivity index (χ3n) is 6.28. The highest BCUT2D eigenvalue weighted by atomic mass is 35.5. The number of fused-ring (bicyclic) bond motifs is 1. The maximum absolute atomic E-state index is 13.4. The van der Waals surface area contributed by atoms with Crippen LogP contribution in [0.4, 0.5) is 4.39 Å². The minimum Gasteiger partial charge on any atom is -0.486 e. The number of rotatable bonds is 7. The molecule has 2 bridgehead atoms. The number of ketones is 1. The van der Waals surface area contributed by atoms with Gasteiger partial charge in [-0.2, -0.15) is 5.10 Å². The van der Waals surface area contributed by atoms with E-state index in [-0.39, 0.29) is 40.0 Å². The number of aromatic nitrogens is 2. The van der Waals surface area contributed by atoms with Gasteiger partial charge in [0.25, 0.3) is 5.91 Å². The maximum atomic E-state index is 13.4. The quantitative estimate of drug-likeness (QED) is 0.750. The first-order valence-corrected chi connectivity index (χ1v) is 10.2. The highest BCUT2D eigenvalue weighted by Gasteiger charge is 2.68. The Hall–Kier alpha value is -2.41. The van der Waals surface area contributed by atoms with Crippen LogP contribution in [0.2, 0.25) is 5.02 Å². The van der Waals surface area contributed by atoms with Gasteiger partial charge in [0.2, 0.25) is 0 Å². The Morgan fingerprint density at radius 2 is 2.07 bits per heavy atom. The van der Waals surface area contributed by atoms with Crippen molar-refractivity contribution in [2.24, 2.45) is 5.41 Å². The van der Waals surface area contributed by atoms with E-state index in [0.29, 0.717) is 12.1 Å². The van der Waals surface area contributed by atoms with E-state index in [2.05, 4.69) is 10.4 Å². The largest absolute Gasteiger partial charge is 0.486 e. The molecule has 2 aromatic rings. The van der Waals surface area contributed by atoms with Gasteiger partial charge in [0.1, 0.15) is 23.9 Å². The Morgan fingerprint density at radius 1 is 1.28 bits per heavy atom. The zero-order valence-corrected chi connectivity index (χ0v) is 16.6. The van der Waals surface area contributed by atoms with E-state index in [4.69, 9.17) is 16.3 Å². The first-order valence-electron chi connectivity index (χ1n) is 9.84. The number of halogens is 2. The van der Waals surface area contributed by atoms with Crippen LogP contribution in [0.1, 0.15) is 48.3 Å². The second-order valence-electron chi connectivity index (χ2n) is 8.69. The van der Waals surface area contributed by atoms with Crippen LogP contribution < -0.4 is 10.1 Å². The van der Waals surface area contributed by atoms with Crippen molar-refractivity contribution in [2.45, 2.75) is 50.6 Å². The molecule has 1 aromatic carbocycles. The van der Waals surface area contributed by atoms with Crippen LogP contribution >= 0.6 is 11.6 Å². The zero-order valence-electron chi connectivity index (χ0n) is 15.8. The van der Waals surface area contributed by atoms with Gasteiger partial charge in [-0.25, -0.2) is 4.39 Å². The minimum atomic E-state index is -0.573. The van der Waals surface area contributed by atoms with E-state index < -0.39 is 5.82 Å². The van der Waals surface area contributed by atoms with Crippen molar-refractivity contribution in [2.75, 3.05) is 6.61 Å². The van der Waals surface area contributed by atoms with Crippen molar-refractivity contribution < 1.29 is 18.7 Å². The number of Topliss-reactive ketones (excluding diaryl/α,β-unsaturated/α-hetero) is 1. The predicted molar refractivity (Wildman–Crippen MR) is 104 cm³/mol. The predicted octanol–water partition coefficient (Wildman–Crippen LogP) is 3.31. The number of benzene rings is 1. The molecule has 152 valence electrons. The second-order valence-corrected chi connectivity index (χ2v) is 9.10. The fraction of sp³-hybridized carbons (Fsp3) is 0.476. The van der Waals surface area contributed by atoms with E-state index in [0.717, 1.165) is 44.3 Å². The molecule has 0 saturated heterocycles. The molecule has 3 saturated carbocycles. The lowest BCUT2D eigenvalue weighted by molar-refractivity contribution is -0.162. The number of ether oxygens (including phenoxy) is 1. The number of hydrogen-bond acceptors (Lipinski definition) is 4. The molecule has 1 amide bonds. The summed E-state index contributed by atoms with van der Waals surface area (Å²) in [6.07, 6.45) is 4.89. The van der Waals surface area contributed by atoms with Crippen LogP contribution in [0.5, 0.6) is 5.75 Å². The third kappa shape index (κ3) is 3.31. The molecule has 0 unspecified atom stereocenters. The van der Waals surface area contributed by atoms with E-state index >= 15 is 0 Å². The number of hydrogen-bond donors (Lipinski definition) is 1. The van der Waals surface area contributed by atoms with Crippen molar-refractivity contribution in [3.05, 3.63) is 46.5 Å². The summed E-state index contributed by atoms with van der Waals surface area (Å²) in [5.41, 5.74) is 1.38. The lowest BCUT2D eigenvalue weighted by atomic mass is 9.38. The van der Waals surface area contributed by atoms with Crippen molar-refractivity contribution in [1.82, 2.24) is 15.1 Å². The van der Waals surface area contributed by atoms with Crippen LogP contribution in [0.3, 0.4) is 0 Å². The Balaban J connectivity index is 1.09. The topological polar surface area (TPSA) is 73.2 Å². The molecule has 29 heavy (non-hydrogen) atoms. The fourth-order valence-electron chi connectivity index (χ4n) is 5.19. The average Bonchev–Trinajstić information content (AvgIpc) is 3.21. The smallest absolute Gasteiger partial charge is 0.272 e. The number of nitrogens with zero attached hydrogens (tertiary/aromatic N) is 2. The van der Waals surface area contributed by atoms with Crippen molar-refractivity contribution >= 4 is 23.3 Å². The van der Waals surface area contributed by atoms with Crippen molar-refractivity contribution in [1.29, 1.82) is 0 Å². The summed E-state index contributed by atoms with van der Waals surface area (Å²) >= 11 is 5.64. The summed E-state index contributed by atoms with van der Waals surface area (Å²) in [7, 11) is 0. The molecule has 6 nitrogen and oxygen atoms in total. The molecule has 3 fully saturated rings. The molecule has 0 atom stereocenters. The summed E-state index contributed by atoms with van der Waals surface area (Å²) in [5.74, 6) is -0.435. The molecule has 3 aliphatic carbocycles. The number of aryl methyl sites for hydroxylation is 2. The zero-order chi connectivity index (χ0) is 20.2. The van der Waals surface area contributed by atoms with Crippen LogP contribution in [0, 0.1) is 11.2 Å². The van der Waals surface area contributed by atoms with Gasteiger partial charge in [-0.15, -0.1) is 0 Å². The molecule has 8 heteroatoms. The van der Waals surface area contributed by atoms with Gasteiger partial charge in [0.15, 0.2) is 5.78 Å². The Morgan fingerprint density at radius 3 is 2.79 bits per heavy atom. The number of carbonyl (C=O) groups is 2. The molecule has 1 aliphatic heterocycles. The molecule has 6 rings (SSSR count). The first kappa shape index (κ1) is 18.6. The maximum Gasteiger partial charge on any atom is 0.272 e. The summed E-state index contributed by atoms with van der Waals surface area (Å²) in [6.45, 7) is 0.784. The molecule has 4 aliphatic rings. The highest BCUT2D eigenvalue weighted by Crippen LogP contribution is 2.69. The molecule has 0 radical (unpaired) electrons. The van der Waals surface area contributed by atoms with Crippen LogP contribution in [-0.4, -0.2) is 33.6 Å². The second kappa shape index (κ2) is 6.55. The van der Waals surface area contributed by atoms with Crippen molar-refractivity contribution in [3.63, 3.8) is 0 Å². The fourth-order valence-corrected chi connectivity index (χ4v) is 5.31. The number of amides is 1. The Kier molecular flexibility index (Phi) is 4.21. The molecular weight excluding hydrogens is 397 g/mol. The van der Waals surface area contributed by atoms with E-state index in [9.17, 15) is 14.0 Å². The SMILES string of the molecule is O=C(COc1ccc(Cl)c(F)c1)CC12CC(NC(=O)c3cc4n(n3)CCC4)(C1)C2. The monoisotopic (exact) mass is 417 g/mol. The van der Waals surface area contributed by atoms with Crippen LogP contribution in [0.25, 0.3) is 0 Å². The van der Waals surface area contributed by atoms with Gasteiger partial charge in [-0.1, -0.05) is 11.6 Å². The standard InChI is InChI=1S/C21H21ClFN3O3/c22-16-4-3-15(7-17(16)23)29-9-14(27)8-20-10-21(11-20,12-20)24-19(28)18-6-13-2-1-5-26(13)25-18/h3-4,6-7H,1-2,5,8-12H2,(H,24,28). The van der Waals surface area contributed by atoms with Crippen LogP contribution in [-0.2, 0) is 17.8 Å². The van der Waals surface area contributed by atoms with E-state index in [1.807, 2.05) is 10.7 Å². The molecule has 1 aromatic heterocycles. The lowest BCUT2D eigenvalue weighted by Crippen LogP contribution is -2.75. The van der Waals surface area contributed by atoms with E-state index in [1.54, 1.807) is 0 Å². The summed E-state index contributed by atoms with van der Waals surface area (Å²) in [4.78, 5) is 24.8. The number of nitrogens with one attached hydrogen (secondary N) is 1. The summed E-state index contributed by atoms with van der Waals surface area (Å²) in [6, 6.07) is 5.99. The Labute approximate surface area is 172 Å².